The van der Waals surface area contributed by atoms with Gasteiger partial charge >= 0.3 is 0 Å². The van der Waals surface area contributed by atoms with Crippen molar-refractivity contribution in [3.63, 3.8) is 0 Å². The van der Waals surface area contributed by atoms with Crippen LogP contribution in [0.5, 0.6) is 0 Å². The molecule has 1 aromatic heterocycles. The van der Waals surface area contributed by atoms with Crippen LogP contribution in [0.25, 0.3) is 54.5 Å². The van der Waals surface area contributed by atoms with Gasteiger partial charge in [-0.25, -0.2) is 0 Å². The molecule has 0 aliphatic carbocycles. The molecule has 55 heavy (non-hydrogen) atoms. The highest BCUT2D eigenvalue weighted by Gasteiger charge is 2.30. The zero-order valence-electron chi connectivity index (χ0n) is 30.7. The van der Waals surface area contributed by atoms with Crippen LogP contribution in [0.1, 0.15) is 40.1 Å². The summed E-state index contributed by atoms with van der Waals surface area (Å²) >= 11 is 0. The molecule has 0 saturated carbocycles. The minimum atomic E-state index is -0.587. The lowest BCUT2D eigenvalue weighted by Gasteiger charge is -2.35. The number of hydrogen-bond acceptors (Lipinski definition) is 3. The largest absolute Gasteiger partial charge is 0.316 e. The van der Waals surface area contributed by atoms with Gasteiger partial charge in [-0.3, -0.25) is 11.1 Å². The number of para-hydroxylation sites is 2. The molecule has 0 spiro atoms. The van der Waals surface area contributed by atoms with Gasteiger partial charge in [0.1, 0.15) is 6.29 Å². The maximum absolute atomic E-state index is 7.51. The van der Waals surface area contributed by atoms with E-state index in [1.165, 1.54) is 37.9 Å². The van der Waals surface area contributed by atoms with E-state index >= 15 is 0 Å². The Balaban J connectivity index is 1.23. The average Bonchev–Trinajstić information content (AvgIpc) is 3.58. The summed E-state index contributed by atoms with van der Waals surface area (Å²) in [5.41, 5.74) is 19.6. The van der Waals surface area contributed by atoms with E-state index in [2.05, 4.69) is 204 Å². The van der Waals surface area contributed by atoms with E-state index in [0.717, 1.165) is 55.8 Å². The molecule has 1 aliphatic heterocycles. The average molecular weight is 709 g/mol. The van der Waals surface area contributed by atoms with Crippen LogP contribution >= 0.6 is 0 Å². The number of hydrogen-bond donors (Lipinski definition) is 2. The normalized spacial score (nSPS) is 15.0. The number of aromatic nitrogens is 1. The van der Waals surface area contributed by atoms with Crippen molar-refractivity contribution in [1.29, 1.82) is 0 Å². The fraction of sp³-hybridized carbons (Fsp3) is 0.0588. The molecule has 2 atom stereocenters. The van der Waals surface area contributed by atoms with Crippen LogP contribution in [0, 0.1) is 6.92 Å². The summed E-state index contributed by atoms with van der Waals surface area (Å²) in [4.78, 5) is 2.34. The van der Waals surface area contributed by atoms with Gasteiger partial charge in [0.25, 0.3) is 0 Å². The van der Waals surface area contributed by atoms with E-state index in [4.69, 9.17) is 12.3 Å². The minimum absolute atomic E-state index is 0.310. The number of nitrogens with one attached hydrogen (secondary N) is 1. The SMILES string of the molecule is C=C1c2ccccc2/C(C(NC(N)n2c3ccccc3c3c4ccccc4ccc32)c2ccccc2C)=C\N(c2ccccc2)c2ccc3ccccc3c21. The van der Waals surface area contributed by atoms with Gasteiger partial charge < -0.3 is 9.47 Å². The second-order valence-electron chi connectivity index (χ2n) is 14.5. The second kappa shape index (κ2) is 13.3. The predicted molar refractivity (Wildman–Crippen MR) is 232 cm³/mol. The van der Waals surface area contributed by atoms with Crippen molar-refractivity contribution in [2.24, 2.45) is 5.73 Å². The summed E-state index contributed by atoms with van der Waals surface area (Å²) in [6.07, 6.45) is 1.74. The van der Waals surface area contributed by atoms with Gasteiger partial charge in [-0.05, 0) is 92.2 Å². The van der Waals surface area contributed by atoms with E-state index in [1.807, 2.05) is 0 Å². The van der Waals surface area contributed by atoms with Gasteiger partial charge in [0.2, 0.25) is 0 Å². The van der Waals surface area contributed by atoms with Crippen LogP contribution in [-0.4, -0.2) is 4.57 Å². The van der Waals surface area contributed by atoms with Crippen molar-refractivity contribution < 1.29 is 0 Å². The smallest absolute Gasteiger partial charge is 0.137 e. The van der Waals surface area contributed by atoms with Gasteiger partial charge in [-0.2, -0.15) is 0 Å². The number of aryl methyl sites for hydroxylation is 1. The van der Waals surface area contributed by atoms with Crippen molar-refractivity contribution in [2.75, 3.05) is 4.90 Å². The summed E-state index contributed by atoms with van der Waals surface area (Å²) in [6, 6.07) is 62.4. The molecule has 10 rings (SSSR count). The van der Waals surface area contributed by atoms with Crippen LogP contribution in [0.15, 0.2) is 189 Å². The molecule has 3 N–H and O–H groups in total. The zero-order valence-corrected chi connectivity index (χ0v) is 30.7. The van der Waals surface area contributed by atoms with E-state index in [0.29, 0.717) is 0 Å². The maximum atomic E-state index is 7.51. The predicted octanol–water partition coefficient (Wildman–Crippen LogP) is 12.4. The first-order chi connectivity index (χ1) is 27.1. The summed E-state index contributed by atoms with van der Waals surface area (Å²) in [5, 5.41) is 11.2. The van der Waals surface area contributed by atoms with E-state index in [-0.39, 0.29) is 6.04 Å². The molecule has 0 bridgehead atoms. The molecule has 2 heterocycles. The topological polar surface area (TPSA) is 46.2 Å². The molecule has 1 aliphatic rings. The molecule has 2 unspecified atom stereocenters. The molecule has 0 radical (unpaired) electrons. The van der Waals surface area contributed by atoms with Crippen molar-refractivity contribution in [1.82, 2.24) is 9.88 Å². The monoisotopic (exact) mass is 708 g/mol. The van der Waals surface area contributed by atoms with Crippen molar-refractivity contribution in [3.05, 3.63) is 217 Å². The lowest BCUT2D eigenvalue weighted by Crippen LogP contribution is -2.38. The number of nitrogens with two attached hydrogens (primary N) is 1. The second-order valence-corrected chi connectivity index (χ2v) is 14.5. The van der Waals surface area contributed by atoms with Crippen LogP contribution in [0.2, 0.25) is 0 Å². The van der Waals surface area contributed by atoms with Gasteiger partial charge in [0.05, 0.1) is 22.8 Å². The van der Waals surface area contributed by atoms with Gasteiger partial charge in [0, 0.05) is 28.2 Å². The first kappa shape index (κ1) is 32.9. The Morgan fingerprint density at radius 2 is 1.18 bits per heavy atom. The van der Waals surface area contributed by atoms with Crippen LogP contribution in [-0.2, 0) is 0 Å². The van der Waals surface area contributed by atoms with Crippen LogP contribution < -0.4 is 16.0 Å². The zero-order chi connectivity index (χ0) is 37.0. The minimum Gasteiger partial charge on any atom is -0.316 e. The lowest BCUT2D eigenvalue weighted by atomic mass is 9.83. The summed E-state index contributed by atoms with van der Waals surface area (Å²) in [6.45, 7) is 7.04. The molecule has 8 aromatic carbocycles. The summed E-state index contributed by atoms with van der Waals surface area (Å²) in [7, 11) is 0. The standard InChI is InChI=1S/C51H40N4/c1-33-16-6-9-21-38(33)50(53-51(52)55-45-27-15-14-26-43(45)49-41-24-11-8-18-36(41)29-31-47(49)55)44-32-54(37-19-4-3-5-20-37)46-30-28-35-17-7-10-23-40(35)48(46)34(2)39-22-12-13-25-42(39)44/h3-32,50-51,53H,2,52H2,1H3/b44-32+. The molecule has 4 nitrogen and oxygen atoms in total. The molecular weight excluding hydrogens is 669 g/mol. The third-order valence-electron chi connectivity index (χ3n) is 11.4. The van der Waals surface area contributed by atoms with Crippen LogP contribution in [0.4, 0.5) is 11.4 Å². The highest BCUT2D eigenvalue weighted by molar-refractivity contribution is 6.20. The Morgan fingerprint density at radius 1 is 0.564 bits per heavy atom. The van der Waals surface area contributed by atoms with Crippen LogP contribution in [0.3, 0.4) is 0 Å². The fourth-order valence-corrected chi connectivity index (χ4v) is 8.79. The molecule has 264 valence electrons. The quantitative estimate of drug-likeness (QED) is 0.169. The molecular formula is C51H40N4. The van der Waals surface area contributed by atoms with Crippen molar-refractivity contribution >= 4 is 65.9 Å². The first-order valence-corrected chi connectivity index (χ1v) is 18.9. The number of benzene rings is 8. The van der Waals surface area contributed by atoms with Crippen molar-refractivity contribution in [2.45, 2.75) is 19.3 Å². The Hall–Kier alpha value is -6.72. The molecule has 4 heteroatoms. The van der Waals surface area contributed by atoms with Gasteiger partial charge in [0.15, 0.2) is 0 Å². The number of anilines is 2. The number of rotatable bonds is 6. The fourth-order valence-electron chi connectivity index (χ4n) is 8.79. The van der Waals surface area contributed by atoms with E-state index < -0.39 is 6.29 Å². The highest BCUT2D eigenvalue weighted by atomic mass is 15.3. The molecule has 9 aromatic rings. The Bertz CT molecular complexity index is 2970. The summed E-state index contributed by atoms with van der Waals surface area (Å²) < 4.78 is 2.27. The van der Waals surface area contributed by atoms with Crippen molar-refractivity contribution in [3.8, 4) is 0 Å². The Morgan fingerprint density at radius 3 is 1.98 bits per heavy atom. The summed E-state index contributed by atoms with van der Waals surface area (Å²) in [5.74, 6) is 0. The Kier molecular flexibility index (Phi) is 7.95. The maximum Gasteiger partial charge on any atom is 0.137 e. The van der Waals surface area contributed by atoms with Gasteiger partial charge in [-0.1, -0.05) is 152 Å². The molecule has 0 saturated heterocycles. The van der Waals surface area contributed by atoms with E-state index in [9.17, 15) is 0 Å². The molecule has 0 amide bonds. The number of nitrogens with zero attached hydrogens (tertiary/aromatic N) is 2. The van der Waals surface area contributed by atoms with Gasteiger partial charge in [-0.15, -0.1) is 0 Å². The third-order valence-corrected chi connectivity index (χ3v) is 11.4. The first-order valence-electron chi connectivity index (χ1n) is 18.9. The highest BCUT2D eigenvalue weighted by Crippen LogP contribution is 2.47. The molecule has 0 fully saturated rings. The number of fused-ring (bicyclic) bond motifs is 9. The van der Waals surface area contributed by atoms with E-state index in [1.54, 1.807) is 0 Å². The third kappa shape index (κ3) is 5.38. The lowest BCUT2D eigenvalue weighted by molar-refractivity contribution is 0.413. The Labute approximate surface area is 321 Å².